The molecule has 138 valence electrons. The molecular weight excluding hydrogens is 344 g/mol. The second-order valence-electron chi connectivity index (χ2n) is 7.49. The summed E-state index contributed by atoms with van der Waals surface area (Å²) < 4.78 is 2.17. The van der Waals surface area contributed by atoms with Crippen molar-refractivity contribution in [2.24, 2.45) is 0 Å². The molecule has 1 fully saturated rings. The molecule has 3 aromatic carbocycles. The van der Waals surface area contributed by atoms with E-state index in [-0.39, 0.29) is 0 Å². The molecule has 1 aromatic heterocycles. The number of hydrogen-bond acceptors (Lipinski definition) is 2. The topological polar surface area (TPSA) is 38.1 Å². The minimum atomic E-state index is -0.792. The summed E-state index contributed by atoms with van der Waals surface area (Å²) in [6.07, 6.45) is 5.22. The maximum atomic E-state index is 11.0. The summed E-state index contributed by atoms with van der Waals surface area (Å²) in [6, 6.07) is 31.4. The van der Waals surface area contributed by atoms with Crippen molar-refractivity contribution in [3.05, 3.63) is 126 Å². The highest BCUT2D eigenvalue weighted by Gasteiger charge is 2.49. The highest BCUT2D eigenvalue weighted by Crippen LogP contribution is 2.49. The molecule has 28 heavy (non-hydrogen) atoms. The monoisotopic (exact) mass is 366 g/mol. The van der Waals surface area contributed by atoms with Crippen molar-refractivity contribution in [2.45, 2.75) is 24.0 Å². The SMILES string of the molecule is OC1(c2cncn2C(c2ccccc2)(c2ccccc2)c2ccccc2)CC1. The van der Waals surface area contributed by atoms with E-state index in [1.165, 1.54) is 0 Å². The smallest absolute Gasteiger partial charge is 0.122 e. The molecular formula is C25H22N2O. The van der Waals surface area contributed by atoms with E-state index >= 15 is 0 Å². The fraction of sp³-hybridized carbons (Fsp3) is 0.160. The van der Waals surface area contributed by atoms with Gasteiger partial charge in [0.2, 0.25) is 0 Å². The van der Waals surface area contributed by atoms with Gasteiger partial charge in [-0.1, -0.05) is 91.0 Å². The second-order valence-corrected chi connectivity index (χ2v) is 7.49. The molecule has 1 heterocycles. The minimum absolute atomic E-state index is 0.617. The van der Waals surface area contributed by atoms with Crippen LogP contribution in [0.15, 0.2) is 104 Å². The van der Waals surface area contributed by atoms with Gasteiger partial charge >= 0.3 is 0 Å². The molecule has 0 atom stereocenters. The highest BCUT2D eigenvalue weighted by atomic mass is 16.3. The largest absolute Gasteiger partial charge is 0.384 e. The Labute approximate surface area is 164 Å². The van der Waals surface area contributed by atoms with Crippen LogP contribution in [0.2, 0.25) is 0 Å². The summed E-state index contributed by atoms with van der Waals surface area (Å²) in [4.78, 5) is 4.47. The molecule has 0 unspecified atom stereocenters. The van der Waals surface area contributed by atoms with Crippen LogP contribution < -0.4 is 0 Å². The standard InChI is InChI=1S/C25H22N2O/c28-24(16-17-24)23-18-26-19-27(23)25(20-10-4-1-5-11-20,21-12-6-2-7-13-21)22-14-8-3-9-15-22/h1-15,18-19,28H,16-17H2. The molecule has 0 radical (unpaired) electrons. The summed E-state index contributed by atoms with van der Waals surface area (Å²) in [7, 11) is 0. The Bertz CT molecular complexity index is 971. The molecule has 0 aliphatic heterocycles. The fourth-order valence-electron chi connectivity index (χ4n) is 4.24. The summed E-state index contributed by atoms with van der Waals surface area (Å²) in [5.74, 6) is 0. The fourth-order valence-corrected chi connectivity index (χ4v) is 4.24. The third-order valence-electron chi connectivity index (χ3n) is 5.77. The van der Waals surface area contributed by atoms with Crippen LogP contribution in [-0.4, -0.2) is 14.7 Å². The van der Waals surface area contributed by atoms with Crippen molar-refractivity contribution in [1.29, 1.82) is 0 Å². The van der Waals surface area contributed by atoms with E-state index in [1.54, 1.807) is 0 Å². The molecule has 1 aliphatic rings. The molecule has 1 saturated carbocycles. The Hall–Kier alpha value is -3.17. The molecule has 0 spiro atoms. The Balaban J connectivity index is 1.91. The van der Waals surface area contributed by atoms with Crippen molar-refractivity contribution in [1.82, 2.24) is 9.55 Å². The summed E-state index contributed by atoms with van der Waals surface area (Å²) in [6.45, 7) is 0. The third-order valence-corrected chi connectivity index (χ3v) is 5.77. The Kier molecular flexibility index (Phi) is 3.92. The third kappa shape index (κ3) is 2.51. The van der Waals surface area contributed by atoms with E-state index in [4.69, 9.17) is 0 Å². The van der Waals surface area contributed by atoms with Crippen LogP contribution in [0.5, 0.6) is 0 Å². The first-order valence-electron chi connectivity index (χ1n) is 9.67. The second kappa shape index (κ2) is 6.47. The van der Waals surface area contributed by atoms with Crippen molar-refractivity contribution in [2.75, 3.05) is 0 Å². The Morgan fingerprint density at radius 1 is 0.714 bits per heavy atom. The molecule has 4 aromatic rings. The lowest BCUT2D eigenvalue weighted by atomic mass is 9.76. The van der Waals surface area contributed by atoms with Crippen LogP contribution in [0.4, 0.5) is 0 Å². The zero-order valence-electron chi connectivity index (χ0n) is 15.6. The number of aliphatic hydroxyl groups is 1. The first kappa shape index (κ1) is 17.0. The van der Waals surface area contributed by atoms with E-state index in [9.17, 15) is 5.11 Å². The van der Waals surface area contributed by atoms with Gasteiger partial charge in [-0.15, -0.1) is 0 Å². The number of nitrogens with zero attached hydrogens (tertiary/aromatic N) is 2. The van der Waals surface area contributed by atoms with Gasteiger partial charge in [-0.25, -0.2) is 4.98 Å². The highest BCUT2D eigenvalue weighted by molar-refractivity contribution is 5.51. The maximum absolute atomic E-state index is 11.0. The molecule has 5 rings (SSSR count). The van der Waals surface area contributed by atoms with Crippen LogP contribution in [0, 0.1) is 0 Å². The van der Waals surface area contributed by atoms with Gasteiger partial charge in [0, 0.05) is 0 Å². The van der Waals surface area contributed by atoms with E-state index in [2.05, 4.69) is 82.3 Å². The molecule has 0 bridgehead atoms. The van der Waals surface area contributed by atoms with Crippen LogP contribution in [0.25, 0.3) is 0 Å². The van der Waals surface area contributed by atoms with Gasteiger partial charge in [0.15, 0.2) is 0 Å². The van der Waals surface area contributed by atoms with E-state index in [0.29, 0.717) is 0 Å². The van der Waals surface area contributed by atoms with Gasteiger partial charge in [-0.3, -0.25) is 0 Å². The average molecular weight is 366 g/mol. The predicted octanol–water partition coefficient (Wildman–Crippen LogP) is 4.70. The zero-order valence-corrected chi connectivity index (χ0v) is 15.6. The van der Waals surface area contributed by atoms with E-state index < -0.39 is 11.1 Å². The van der Waals surface area contributed by atoms with Crippen molar-refractivity contribution >= 4 is 0 Å². The van der Waals surface area contributed by atoms with Gasteiger partial charge in [0.1, 0.15) is 11.1 Å². The molecule has 3 nitrogen and oxygen atoms in total. The summed E-state index contributed by atoms with van der Waals surface area (Å²) in [5, 5.41) is 11.0. The Morgan fingerprint density at radius 2 is 1.14 bits per heavy atom. The number of imidazole rings is 1. The van der Waals surface area contributed by atoms with Crippen LogP contribution in [-0.2, 0) is 11.1 Å². The lowest BCUT2D eigenvalue weighted by molar-refractivity contribution is 0.138. The molecule has 1 N–H and O–H groups in total. The molecule has 0 saturated heterocycles. The first-order valence-corrected chi connectivity index (χ1v) is 9.67. The van der Waals surface area contributed by atoms with Gasteiger partial charge in [-0.05, 0) is 29.5 Å². The normalized spacial score (nSPS) is 15.3. The van der Waals surface area contributed by atoms with Gasteiger partial charge in [-0.2, -0.15) is 0 Å². The molecule has 1 aliphatic carbocycles. The van der Waals surface area contributed by atoms with Gasteiger partial charge in [0.25, 0.3) is 0 Å². The van der Waals surface area contributed by atoms with Crippen molar-refractivity contribution in [3.8, 4) is 0 Å². The number of benzene rings is 3. The maximum Gasteiger partial charge on any atom is 0.122 e. The number of aromatic nitrogens is 2. The molecule has 0 amide bonds. The number of hydrogen-bond donors (Lipinski definition) is 1. The van der Waals surface area contributed by atoms with E-state index in [1.807, 2.05) is 30.7 Å². The van der Waals surface area contributed by atoms with E-state index in [0.717, 1.165) is 35.2 Å². The first-order chi connectivity index (χ1) is 13.7. The minimum Gasteiger partial charge on any atom is -0.384 e. The van der Waals surface area contributed by atoms with Crippen molar-refractivity contribution < 1.29 is 5.11 Å². The predicted molar refractivity (Wildman–Crippen MR) is 110 cm³/mol. The lowest BCUT2D eigenvalue weighted by Crippen LogP contribution is -2.39. The summed E-state index contributed by atoms with van der Waals surface area (Å²) >= 11 is 0. The zero-order chi connectivity index (χ0) is 19.0. The van der Waals surface area contributed by atoms with Crippen LogP contribution >= 0.6 is 0 Å². The lowest BCUT2D eigenvalue weighted by Gasteiger charge is -2.39. The van der Waals surface area contributed by atoms with Gasteiger partial charge < -0.3 is 9.67 Å². The molecule has 3 heteroatoms. The van der Waals surface area contributed by atoms with Gasteiger partial charge in [0.05, 0.1) is 18.2 Å². The average Bonchev–Trinajstić information content (AvgIpc) is 3.31. The summed E-state index contributed by atoms with van der Waals surface area (Å²) in [5.41, 5.74) is 2.86. The quantitative estimate of drug-likeness (QED) is 0.520. The Morgan fingerprint density at radius 3 is 1.54 bits per heavy atom. The van der Waals surface area contributed by atoms with Crippen LogP contribution in [0.1, 0.15) is 35.2 Å². The van der Waals surface area contributed by atoms with Crippen LogP contribution in [0.3, 0.4) is 0 Å². The number of rotatable bonds is 5. The van der Waals surface area contributed by atoms with Crippen molar-refractivity contribution in [3.63, 3.8) is 0 Å².